The van der Waals surface area contributed by atoms with Crippen molar-refractivity contribution in [1.29, 1.82) is 0 Å². The zero-order chi connectivity index (χ0) is 13.9. The van der Waals surface area contributed by atoms with E-state index < -0.39 is 0 Å². The van der Waals surface area contributed by atoms with Gasteiger partial charge in [0.1, 0.15) is 0 Å². The largest absolute Gasteiger partial charge is 0.504 e. The van der Waals surface area contributed by atoms with E-state index in [4.69, 9.17) is 4.74 Å². The van der Waals surface area contributed by atoms with Crippen LogP contribution in [0.3, 0.4) is 0 Å². The number of phenolic OH excluding ortho intramolecular Hbond substituents is 1. The predicted octanol–water partition coefficient (Wildman–Crippen LogP) is 1.97. The van der Waals surface area contributed by atoms with Crippen molar-refractivity contribution < 1.29 is 9.84 Å². The van der Waals surface area contributed by atoms with Gasteiger partial charge in [-0.15, -0.1) is 0 Å². The Morgan fingerprint density at radius 3 is 2.63 bits per heavy atom. The van der Waals surface area contributed by atoms with Crippen LogP contribution in [0.15, 0.2) is 18.2 Å². The van der Waals surface area contributed by atoms with Crippen LogP contribution in [0, 0.1) is 0 Å². The van der Waals surface area contributed by atoms with E-state index in [1.54, 1.807) is 13.2 Å². The first-order valence-electron chi connectivity index (χ1n) is 6.81. The summed E-state index contributed by atoms with van der Waals surface area (Å²) in [5, 5.41) is 13.1. The summed E-state index contributed by atoms with van der Waals surface area (Å²) in [6.07, 6.45) is 3.87. The van der Waals surface area contributed by atoms with Crippen molar-refractivity contribution in [3.05, 3.63) is 23.8 Å². The summed E-state index contributed by atoms with van der Waals surface area (Å²) in [7, 11) is 5.89. The third-order valence-corrected chi connectivity index (χ3v) is 4.26. The van der Waals surface area contributed by atoms with Gasteiger partial charge in [0.15, 0.2) is 11.5 Å². The van der Waals surface area contributed by atoms with Gasteiger partial charge in [-0.3, -0.25) is 0 Å². The molecule has 1 fully saturated rings. The molecule has 1 aromatic carbocycles. The number of ether oxygens (including phenoxy) is 1. The lowest BCUT2D eigenvalue weighted by Crippen LogP contribution is -2.56. The Bertz CT molecular complexity index is 428. The van der Waals surface area contributed by atoms with Crippen molar-refractivity contribution in [3.63, 3.8) is 0 Å². The molecule has 0 heterocycles. The lowest BCUT2D eigenvalue weighted by molar-refractivity contribution is 0.0598. The fraction of sp³-hybridized carbons (Fsp3) is 0.600. The van der Waals surface area contributed by atoms with Crippen LogP contribution in [0.1, 0.15) is 24.8 Å². The van der Waals surface area contributed by atoms with Crippen LogP contribution in [0.4, 0.5) is 0 Å². The summed E-state index contributed by atoms with van der Waals surface area (Å²) in [5.74, 6) is 0.722. The van der Waals surface area contributed by atoms with Crippen molar-refractivity contribution in [3.8, 4) is 11.5 Å². The maximum Gasteiger partial charge on any atom is 0.160 e. The monoisotopic (exact) mass is 264 g/mol. The summed E-state index contributed by atoms with van der Waals surface area (Å²) in [4.78, 5) is 2.33. The number of hydrogen-bond donors (Lipinski definition) is 2. The summed E-state index contributed by atoms with van der Waals surface area (Å²) in [6.45, 7) is 1.80. The average Bonchev–Trinajstić information content (AvgIpc) is 2.33. The number of nitrogens with one attached hydrogen (secondary N) is 1. The molecule has 4 nitrogen and oxygen atoms in total. The van der Waals surface area contributed by atoms with Crippen LogP contribution in [0.25, 0.3) is 0 Å². The number of methoxy groups -OCH3 is 1. The standard InChI is InChI=1S/C15H24N2O2/c1-17(2)15(7-4-8-15)11-16-10-12-5-6-13(18)14(9-12)19-3/h5-6,9,16,18H,4,7-8,10-11H2,1-3H3. The molecule has 1 aliphatic rings. The topological polar surface area (TPSA) is 44.7 Å². The molecule has 0 amide bonds. The smallest absolute Gasteiger partial charge is 0.160 e. The summed E-state index contributed by atoms with van der Waals surface area (Å²) in [5.41, 5.74) is 1.46. The van der Waals surface area contributed by atoms with Crippen LogP contribution in [-0.4, -0.2) is 43.3 Å². The first kappa shape index (κ1) is 14.2. The summed E-state index contributed by atoms with van der Waals surface area (Å²) in [6, 6.07) is 5.49. The molecule has 1 aliphatic carbocycles. The Morgan fingerprint density at radius 1 is 1.37 bits per heavy atom. The second kappa shape index (κ2) is 5.80. The molecule has 0 bridgehead atoms. The minimum atomic E-state index is 0.190. The normalized spacial score (nSPS) is 17.3. The van der Waals surface area contributed by atoms with E-state index >= 15 is 0 Å². The fourth-order valence-electron chi connectivity index (χ4n) is 2.64. The maximum atomic E-state index is 9.56. The first-order chi connectivity index (χ1) is 9.07. The molecule has 1 aromatic rings. The van der Waals surface area contributed by atoms with E-state index in [2.05, 4.69) is 24.3 Å². The molecule has 1 saturated carbocycles. The van der Waals surface area contributed by atoms with Gasteiger partial charge in [0.05, 0.1) is 7.11 Å². The Balaban J connectivity index is 1.89. The number of benzene rings is 1. The second-order valence-corrected chi connectivity index (χ2v) is 5.58. The molecule has 0 unspecified atom stereocenters. The van der Waals surface area contributed by atoms with Gasteiger partial charge >= 0.3 is 0 Å². The van der Waals surface area contributed by atoms with E-state index in [9.17, 15) is 5.11 Å². The molecule has 4 heteroatoms. The first-order valence-corrected chi connectivity index (χ1v) is 6.81. The van der Waals surface area contributed by atoms with Gasteiger partial charge in [-0.25, -0.2) is 0 Å². The number of aromatic hydroxyl groups is 1. The lowest BCUT2D eigenvalue weighted by atomic mass is 9.75. The molecular weight excluding hydrogens is 240 g/mol. The Hall–Kier alpha value is -1.26. The zero-order valence-electron chi connectivity index (χ0n) is 12.1. The molecule has 0 atom stereocenters. The zero-order valence-corrected chi connectivity index (χ0v) is 12.1. The second-order valence-electron chi connectivity index (χ2n) is 5.58. The van der Waals surface area contributed by atoms with Gasteiger partial charge < -0.3 is 20.1 Å². The lowest BCUT2D eigenvalue weighted by Gasteiger charge is -2.47. The van der Waals surface area contributed by atoms with Crippen LogP contribution in [-0.2, 0) is 6.54 Å². The Labute approximate surface area is 115 Å². The van der Waals surface area contributed by atoms with E-state index in [1.807, 2.05) is 12.1 Å². The highest BCUT2D eigenvalue weighted by atomic mass is 16.5. The third kappa shape index (κ3) is 3.01. The average molecular weight is 264 g/mol. The quantitative estimate of drug-likeness (QED) is 0.824. The van der Waals surface area contributed by atoms with Gasteiger partial charge in [-0.1, -0.05) is 6.07 Å². The van der Waals surface area contributed by atoms with E-state index in [-0.39, 0.29) is 5.75 Å². The van der Waals surface area contributed by atoms with Crippen LogP contribution in [0.5, 0.6) is 11.5 Å². The van der Waals surface area contributed by atoms with Crippen molar-refractivity contribution >= 4 is 0 Å². The molecule has 0 radical (unpaired) electrons. The Kier molecular flexibility index (Phi) is 4.32. The fourth-order valence-corrected chi connectivity index (χ4v) is 2.64. The van der Waals surface area contributed by atoms with E-state index in [0.29, 0.717) is 11.3 Å². The number of hydrogen-bond acceptors (Lipinski definition) is 4. The molecule has 0 aliphatic heterocycles. The number of likely N-dealkylation sites (N-methyl/N-ethyl adjacent to an activating group) is 1. The van der Waals surface area contributed by atoms with Gasteiger partial charge in [-0.05, 0) is 51.1 Å². The molecule has 106 valence electrons. The van der Waals surface area contributed by atoms with Gasteiger partial charge in [-0.2, -0.15) is 0 Å². The van der Waals surface area contributed by atoms with E-state index in [0.717, 1.165) is 18.7 Å². The highest BCUT2D eigenvalue weighted by Gasteiger charge is 2.38. The molecular formula is C15H24N2O2. The van der Waals surface area contributed by atoms with Crippen LogP contribution >= 0.6 is 0 Å². The van der Waals surface area contributed by atoms with Crippen LogP contribution < -0.4 is 10.1 Å². The minimum absolute atomic E-state index is 0.190. The highest BCUT2D eigenvalue weighted by molar-refractivity contribution is 5.41. The van der Waals surface area contributed by atoms with Crippen LogP contribution in [0.2, 0.25) is 0 Å². The molecule has 19 heavy (non-hydrogen) atoms. The van der Waals surface area contributed by atoms with Gasteiger partial charge in [0, 0.05) is 18.6 Å². The Morgan fingerprint density at radius 2 is 2.11 bits per heavy atom. The van der Waals surface area contributed by atoms with Gasteiger partial charge in [0.25, 0.3) is 0 Å². The third-order valence-electron chi connectivity index (χ3n) is 4.26. The molecule has 2 rings (SSSR count). The number of rotatable bonds is 6. The predicted molar refractivity (Wildman–Crippen MR) is 76.6 cm³/mol. The number of nitrogens with zero attached hydrogens (tertiary/aromatic N) is 1. The summed E-state index contributed by atoms with van der Waals surface area (Å²) < 4.78 is 5.12. The minimum Gasteiger partial charge on any atom is -0.504 e. The molecule has 0 saturated heterocycles. The van der Waals surface area contributed by atoms with Crippen molar-refractivity contribution in [2.75, 3.05) is 27.7 Å². The van der Waals surface area contributed by atoms with Crippen molar-refractivity contribution in [1.82, 2.24) is 10.2 Å². The van der Waals surface area contributed by atoms with Crippen molar-refractivity contribution in [2.24, 2.45) is 0 Å². The molecule has 0 aromatic heterocycles. The molecule has 2 N–H and O–H groups in total. The highest BCUT2D eigenvalue weighted by Crippen LogP contribution is 2.35. The van der Waals surface area contributed by atoms with Gasteiger partial charge in [0.2, 0.25) is 0 Å². The van der Waals surface area contributed by atoms with E-state index in [1.165, 1.54) is 19.3 Å². The summed E-state index contributed by atoms with van der Waals surface area (Å²) >= 11 is 0. The molecule has 0 spiro atoms. The van der Waals surface area contributed by atoms with Crippen molar-refractivity contribution in [2.45, 2.75) is 31.3 Å². The maximum absolute atomic E-state index is 9.56. The SMILES string of the molecule is COc1cc(CNCC2(N(C)C)CCC2)ccc1O. The number of phenols is 1.